The van der Waals surface area contributed by atoms with Crippen molar-refractivity contribution in [2.45, 2.75) is 25.8 Å². The molecule has 1 heterocycles. The van der Waals surface area contributed by atoms with Gasteiger partial charge >= 0.3 is 0 Å². The van der Waals surface area contributed by atoms with Crippen molar-refractivity contribution in [3.8, 4) is 0 Å². The Kier molecular flexibility index (Phi) is 5.08. The van der Waals surface area contributed by atoms with Gasteiger partial charge in [-0.2, -0.15) is 0 Å². The Morgan fingerprint density at radius 2 is 1.76 bits per heavy atom. The Labute approximate surface area is 190 Å². The Morgan fingerprint density at radius 1 is 1.09 bits per heavy atom. The number of anilines is 1. The smallest absolute Gasteiger partial charge is 0.271 e. The number of nitrogens with one attached hydrogen (secondary N) is 1. The third kappa shape index (κ3) is 3.61. The number of carbonyl (C=O) groups excluding carboxylic acids is 3. The molecular formula is C25H23N3O5. The van der Waals surface area contributed by atoms with Crippen molar-refractivity contribution in [3.05, 3.63) is 81.9 Å². The third-order valence-corrected chi connectivity index (χ3v) is 6.96. The number of nitro groups is 1. The van der Waals surface area contributed by atoms with E-state index in [0.717, 1.165) is 12.0 Å². The van der Waals surface area contributed by atoms with Gasteiger partial charge in [0.05, 0.1) is 29.2 Å². The minimum Gasteiger partial charge on any atom is -0.326 e. The summed E-state index contributed by atoms with van der Waals surface area (Å²) in [5.74, 6) is -1.38. The van der Waals surface area contributed by atoms with Gasteiger partial charge in [0.25, 0.3) is 5.69 Å². The van der Waals surface area contributed by atoms with E-state index in [1.165, 1.54) is 23.1 Å². The van der Waals surface area contributed by atoms with Crippen LogP contribution in [0.4, 0.5) is 11.4 Å². The molecule has 33 heavy (non-hydrogen) atoms. The number of amides is 3. The maximum absolute atomic E-state index is 13.4. The van der Waals surface area contributed by atoms with Crippen molar-refractivity contribution in [2.75, 3.05) is 5.32 Å². The summed E-state index contributed by atoms with van der Waals surface area (Å²) < 4.78 is 0. The summed E-state index contributed by atoms with van der Waals surface area (Å²) in [6.07, 6.45) is 4.78. The predicted molar refractivity (Wildman–Crippen MR) is 120 cm³/mol. The maximum atomic E-state index is 13.4. The lowest BCUT2D eigenvalue weighted by molar-refractivity contribution is -0.384. The first kappa shape index (κ1) is 21.1. The highest BCUT2D eigenvalue weighted by Crippen LogP contribution is 2.54. The van der Waals surface area contributed by atoms with Crippen LogP contribution in [-0.2, 0) is 14.4 Å². The zero-order valence-electron chi connectivity index (χ0n) is 18.0. The van der Waals surface area contributed by atoms with E-state index in [1.54, 1.807) is 6.07 Å². The van der Waals surface area contributed by atoms with Crippen LogP contribution in [0.1, 0.15) is 30.0 Å². The monoisotopic (exact) mass is 445 g/mol. The lowest BCUT2D eigenvalue weighted by Crippen LogP contribution is -2.38. The number of nitro benzene ring substituents is 1. The summed E-state index contributed by atoms with van der Waals surface area (Å²) in [4.78, 5) is 51.6. The molecule has 0 spiro atoms. The second-order valence-electron chi connectivity index (χ2n) is 9.04. The van der Waals surface area contributed by atoms with Crippen LogP contribution in [0.25, 0.3) is 0 Å². The molecule has 2 fully saturated rings. The van der Waals surface area contributed by atoms with Crippen molar-refractivity contribution in [2.24, 2.45) is 23.7 Å². The number of fused-ring (bicyclic) bond motifs is 5. The normalized spacial score (nSPS) is 25.9. The van der Waals surface area contributed by atoms with Crippen molar-refractivity contribution in [1.82, 2.24) is 4.90 Å². The second kappa shape index (κ2) is 7.95. The highest BCUT2D eigenvalue weighted by molar-refractivity contribution is 6.07. The number of likely N-dealkylation sites (tertiary alicyclic amines) is 1. The lowest BCUT2D eigenvalue weighted by Gasteiger charge is -2.28. The van der Waals surface area contributed by atoms with Crippen molar-refractivity contribution < 1.29 is 19.3 Å². The highest BCUT2D eigenvalue weighted by Gasteiger charge is 2.60. The number of rotatable bonds is 6. The van der Waals surface area contributed by atoms with Crippen LogP contribution in [0.15, 0.2) is 60.7 Å². The van der Waals surface area contributed by atoms with Crippen molar-refractivity contribution in [3.63, 3.8) is 0 Å². The molecule has 1 aliphatic heterocycles. The van der Waals surface area contributed by atoms with Gasteiger partial charge in [-0.05, 0) is 36.8 Å². The number of hydrogen-bond donors (Lipinski definition) is 1. The number of imide groups is 1. The number of carbonyl (C=O) groups is 3. The molecule has 168 valence electrons. The molecule has 5 atom stereocenters. The zero-order valence-corrected chi connectivity index (χ0v) is 18.0. The van der Waals surface area contributed by atoms with Crippen LogP contribution in [0.2, 0.25) is 0 Å². The van der Waals surface area contributed by atoms with E-state index in [4.69, 9.17) is 0 Å². The van der Waals surface area contributed by atoms with Crippen molar-refractivity contribution >= 4 is 29.1 Å². The molecule has 5 unspecified atom stereocenters. The Hall–Kier alpha value is -3.81. The fourth-order valence-electron chi connectivity index (χ4n) is 5.55. The van der Waals surface area contributed by atoms with Gasteiger partial charge in [0.1, 0.15) is 0 Å². The summed E-state index contributed by atoms with van der Waals surface area (Å²) in [7, 11) is 0. The van der Waals surface area contributed by atoms with E-state index in [9.17, 15) is 24.5 Å². The SMILES string of the molecule is Cc1cccc(C(CC(=O)Nc2cccc([N+](=O)[O-])c2)N2C(=O)C3C4C=CC(C4)C3C2=O)c1. The highest BCUT2D eigenvalue weighted by atomic mass is 16.6. The van der Waals surface area contributed by atoms with Crippen molar-refractivity contribution in [1.29, 1.82) is 0 Å². The fourth-order valence-corrected chi connectivity index (χ4v) is 5.55. The first-order valence-corrected chi connectivity index (χ1v) is 11.0. The molecule has 2 aromatic carbocycles. The van der Waals surface area contributed by atoms with Crippen LogP contribution >= 0.6 is 0 Å². The number of aryl methyl sites for hydroxylation is 1. The summed E-state index contributed by atoms with van der Waals surface area (Å²) in [5, 5.41) is 13.7. The average Bonchev–Trinajstić information content (AvgIpc) is 3.46. The van der Waals surface area contributed by atoms with E-state index in [0.29, 0.717) is 5.56 Å². The largest absolute Gasteiger partial charge is 0.326 e. The molecule has 1 saturated carbocycles. The minimum atomic E-state index is -0.742. The molecule has 2 bridgehead atoms. The Bertz CT molecular complexity index is 1180. The fraction of sp³-hybridized carbons (Fsp3) is 0.320. The van der Waals surface area contributed by atoms with Gasteiger partial charge < -0.3 is 5.32 Å². The van der Waals surface area contributed by atoms with Gasteiger partial charge in [-0.3, -0.25) is 29.4 Å². The molecule has 1 N–H and O–H groups in total. The van der Waals surface area contributed by atoms with E-state index in [-0.39, 0.29) is 53.3 Å². The number of hydrogen-bond acceptors (Lipinski definition) is 5. The number of benzene rings is 2. The molecule has 8 heteroatoms. The topological polar surface area (TPSA) is 110 Å². The quantitative estimate of drug-likeness (QED) is 0.315. The van der Waals surface area contributed by atoms with Gasteiger partial charge in [0.2, 0.25) is 17.7 Å². The van der Waals surface area contributed by atoms with E-state index < -0.39 is 16.9 Å². The molecule has 3 aliphatic rings. The molecule has 1 saturated heterocycles. The first-order valence-electron chi connectivity index (χ1n) is 11.0. The predicted octanol–water partition coefficient (Wildman–Crippen LogP) is 3.78. The van der Waals surface area contributed by atoms with Gasteiger partial charge in [0, 0.05) is 17.8 Å². The van der Waals surface area contributed by atoms with Crippen LogP contribution in [0.3, 0.4) is 0 Å². The lowest BCUT2D eigenvalue weighted by atomic mass is 9.85. The molecule has 3 amide bonds. The summed E-state index contributed by atoms with van der Waals surface area (Å²) >= 11 is 0. The van der Waals surface area contributed by atoms with Crippen LogP contribution in [0.5, 0.6) is 0 Å². The number of allylic oxidation sites excluding steroid dienone is 2. The Morgan fingerprint density at radius 3 is 2.39 bits per heavy atom. The third-order valence-electron chi connectivity index (χ3n) is 6.96. The molecule has 5 rings (SSSR count). The van der Waals surface area contributed by atoms with E-state index in [1.807, 2.05) is 43.3 Å². The molecule has 0 aromatic heterocycles. The zero-order chi connectivity index (χ0) is 23.3. The molecular weight excluding hydrogens is 422 g/mol. The standard InChI is InChI=1S/C25H23N3O5/c1-14-4-2-5-15(10-14)20(13-21(29)26-18-6-3-7-19(12-18)28(32)33)27-24(30)22-16-8-9-17(11-16)23(22)25(27)31/h2-10,12,16-17,20,22-23H,11,13H2,1H3,(H,26,29). The van der Waals surface area contributed by atoms with Gasteiger partial charge in [-0.1, -0.05) is 48.0 Å². The molecule has 8 nitrogen and oxygen atoms in total. The van der Waals surface area contributed by atoms with E-state index >= 15 is 0 Å². The summed E-state index contributed by atoms with van der Waals surface area (Å²) in [6.45, 7) is 1.91. The van der Waals surface area contributed by atoms with Gasteiger partial charge in [0.15, 0.2) is 0 Å². The maximum Gasteiger partial charge on any atom is 0.271 e. The number of nitrogens with zero attached hydrogens (tertiary/aromatic N) is 2. The second-order valence-corrected chi connectivity index (χ2v) is 9.04. The first-order chi connectivity index (χ1) is 15.8. The van der Waals surface area contributed by atoms with Gasteiger partial charge in [-0.15, -0.1) is 0 Å². The summed E-state index contributed by atoms with van der Waals surface area (Å²) in [6, 6.07) is 12.4. The number of non-ortho nitro benzene ring substituents is 1. The Balaban J connectivity index is 1.43. The molecule has 2 aliphatic carbocycles. The van der Waals surface area contributed by atoms with Crippen LogP contribution in [0, 0.1) is 40.7 Å². The van der Waals surface area contributed by atoms with Crippen LogP contribution < -0.4 is 5.32 Å². The summed E-state index contributed by atoms with van der Waals surface area (Å²) in [5.41, 5.74) is 1.82. The molecule has 2 aromatic rings. The molecule has 0 radical (unpaired) electrons. The van der Waals surface area contributed by atoms with E-state index in [2.05, 4.69) is 5.32 Å². The van der Waals surface area contributed by atoms with Gasteiger partial charge in [-0.25, -0.2) is 0 Å². The average molecular weight is 445 g/mol. The van der Waals surface area contributed by atoms with Crippen LogP contribution in [-0.4, -0.2) is 27.5 Å². The minimum absolute atomic E-state index is 0.0818.